The number of rotatable bonds is 4. The molecule has 0 bridgehead atoms. The van der Waals surface area contributed by atoms with Crippen molar-refractivity contribution in [1.29, 1.82) is 0 Å². The van der Waals surface area contributed by atoms with Crippen LogP contribution in [0.3, 0.4) is 0 Å². The third-order valence-electron chi connectivity index (χ3n) is 4.64. The van der Waals surface area contributed by atoms with E-state index in [4.69, 9.17) is 0 Å². The molecule has 2 aromatic rings. The summed E-state index contributed by atoms with van der Waals surface area (Å²) in [7, 11) is 2.15. The maximum absolute atomic E-state index is 12.4. The second kappa shape index (κ2) is 7.27. The van der Waals surface area contributed by atoms with E-state index in [2.05, 4.69) is 53.2 Å². The van der Waals surface area contributed by atoms with Gasteiger partial charge >= 0.3 is 0 Å². The van der Waals surface area contributed by atoms with Crippen molar-refractivity contribution < 1.29 is 4.79 Å². The standard InChI is InChI=1S/C19H27N5O/c1-14(2)24-15(3)13-18(21-24)19(25)20-16-5-7-17(8-6-16)23-11-9-22(4)10-12-23/h5-8,13-14H,9-12H2,1-4H3,(H,20,25). The average Bonchev–Trinajstić information content (AvgIpc) is 2.99. The number of hydrogen-bond donors (Lipinski definition) is 1. The highest BCUT2D eigenvalue weighted by Gasteiger charge is 2.16. The Morgan fingerprint density at radius 1 is 1.12 bits per heavy atom. The van der Waals surface area contributed by atoms with Crippen LogP contribution in [0.15, 0.2) is 30.3 Å². The molecule has 2 heterocycles. The van der Waals surface area contributed by atoms with Crippen molar-refractivity contribution in [2.24, 2.45) is 0 Å². The molecular weight excluding hydrogens is 314 g/mol. The second-order valence-corrected chi connectivity index (χ2v) is 7.00. The van der Waals surface area contributed by atoms with Gasteiger partial charge in [-0.1, -0.05) is 0 Å². The van der Waals surface area contributed by atoms with Crippen LogP contribution in [0, 0.1) is 6.92 Å². The molecule has 1 N–H and O–H groups in total. The molecule has 0 radical (unpaired) electrons. The lowest BCUT2D eigenvalue weighted by Gasteiger charge is -2.34. The summed E-state index contributed by atoms with van der Waals surface area (Å²) in [5, 5.41) is 7.33. The van der Waals surface area contributed by atoms with Crippen LogP contribution < -0.4 is 10.2 Å². The number of carbonyl (C=O) groups excluding carboxylic acids is 1. The smallest absolute Gasteiger partial charge is 0.276 e. The molecule has 1 fully saturated rings. The first-order chi connectivity index (χ1) is 11.9. The Hall–Kier alpha value is -2.34. The Balaban J connectivity index is 1.65. The Morgan fingerprint density at radius 3 is 2.32 bits per heavy atom. The van der Waals surface area contributed by atoms with Crippen LogP contribution in [0.1, 0.15) is 36.1 Å². The molecule has 6 heteroatoms. The predicted molar refractivity (Wildman–Crippen MR) is 101 cm³/mol. The van der Waals surface area contributed by atoms with Crippen molar-refractivity contribution in [3.8, 4) is 0 Å². The molecule has 1 amide bonds. The summed E-state index contributed by atoms with van der Waals surface area (Å²) in [6, 6.07) is 10.1. The topological polar surface area (TPSA) is 53.4 Å². The Bertz CT molecular complexity index is 727. The van der Waals surface area contributed by atoms with E-state index >= 15 is 0 Å². The fraction of sp³-hybridized carbons (Fsp3) is 0.474. The first-order valence-electron chi connectivity index (χ1n) is 8.85. The van der Waals surface area contributed by atoms with Crippen molar-refractivity contribution in [2.75, 3.05) is 43.4 Å². The SMILES string of the molecule is Cc1cc(C(=O)Nc2ccc(N3CCN(C)CC3)cc2)nn1C(C)C. The van der Waals surface area contributed by atoms with E-state index < -0.39 is 0 Å². The monoisotopic (exact) mass is 341 g/mol. The number of nitrogens with zero attached hydrogens (tertiary/aromatic N) is 4. The van der Waals surface area contributed by atoms with Crippen LogP contribution in [0.5, 0.6) is 0 Å². The van der Waals surface area contributed by atoms with Gasteiger partial charge in [-0.3, -0.25) is 9.48 Å². The first kappa shape index (κ1) is 17.5. The molecule has 1 aromatic heterocycles. The van der Waals surface area contributed by atoms with E-state index in [1.165, 1.54) is 5.69 Å². The number of aryl methyl sites for hydroxylation is 1. The molecule has 0 saturated carbocycles. The normalized spacial score (nSPS) is 15.6. The van der Waals surface area contributed by atoms with E-state index in [0.717, 1.165) is 37.6 Å². The van der Waals surface area contributed by atoms with Gasteiger partial charge in [-0.05, 0) is 58.2 Å². The summed E-state index contributed by atoms with van der Waals surface area (Å²) < 4.78 is 1.87. The molecule has 1 aliphatic heterocycles. The van der Waals surface area contributed by atoms with Crippen molar-refractivity contribution in [3.63, 3.8) is 0 Å². The number of benzene rings is 1. The Morgan fingerprint density at radius 2 is 1.76 bits per heavy atom. The maximum atomic E-state index is 12.4. The fourth-order valence-electron chi connectivity index (χ4n) is 3.14. The molecule has 1 saturated heterocycles. The van der Waals surface area contributed by atoms with E-state index in [1.807, 2.05) is 29.8 Å². The van der Waals surface area contributed by atoms with Gasteiger partial charge in [0.25, 0.3) is 5.91 Å². The number of piperazine rings is 1. The van der Waals surface area contributed by atoms with Gasteiger partial charge in [-0.2, -0.15) is 5.10 Å². The zero-order chi connectivity index (χ0) is 18.0. The molecule has 0 unspecified atom stereocenters. The molecule has 134 valence electrons. The van der Waals surface area contributed by atoms with E-state index in [0.29, 0.717) is 5.69 Å². The summed E-state index contributed by atoms with van der Waals surface area (Å²) in [6.45, 7) is 10.3. The summed E-state index contributed by atoms with van der Waals surface area (Å²) in [4.78, 5) is 17.1. The average molecular weight is 341 g/mol. The minimum absolute atomic E-state index is 0.171. The molecule has 0 aliphatic carbocycles. The number of carbonyl (C=O) groups is 1. The van der Waals surface area contributed by atoms with Gasteiger partial charge in [0, 0.05) is 49.3 Å². The number of amides is 1. The molecule has 0 atom stereocenters. The molecule has 25 heavy (non-hydrogen) atoms. The Labute approximate surface area is 149 Å². The lowest BCUT2D eigenvalue weighted by atomic mass is 10.2. The van der Waals surface area contributed by atoms with Crippen LogP contribution in [0.4, 0.5) is 11.4 Å². The number of hydrogen-bond acceptors (Lipinski definition) is 4. The molecule has 0 spiro atoms. The minimum Gasteiger partial charge on any atom is -0.369 e. The van der Waals surface area contributed by atoms with Crippen molar-refractivity contribution in [2.45, 2.75) is 26.8 Å². The van der Waals surface area contributed by atoms with Gasteiger partial charge in [0.15, 0.2) is 5.69 Å². The van der Waals surface area contributed by atoms with Crippen LogP contribution in [0.2, 0.25) is 0 Å². The largest absolute Gasteiger partial charge is 0.369 e. The lowest BCUT2D eigenvalue weighted by molar-refractivity contribution is 0.102. The number of aromatic nitrogens is 2. The van der Waals surface area contributed by atoms with Gasteiger partial charge in [0.1, 0.15) is 0 Å². The van der Waals surface area contributed by atoms with Crippen LogP contribution >= 0.6 is 0 Å². The molecular formula is C19H27N5O. The summed E-state index contributed by atoms with van der Waals surface area (Å²) in [6.07, 6.45) is 0. The molecule has 3 rings (SSSR count). The van der Waals surface area contributed by atoms with E-state index in [9.17, 15) is 4.79 Å². The quantitative estimate of drug-likeness (QED) is 0.929. The summed E-state index contributed by atoms with van der Waals surface area (Å²) >= 11 is 0. The minimum atomic E-state index is -0.171. The van der Waals surface area contributed by atoms with Gasteiger partial charge in [-0.25, -0.2) is 0 Å². The van der Waals surface area contributed by atoms with Gasteiger partial charge in [-0.15, -0.1) is 0 Å². The first-order valence-corrected chi connectivity index (χ1v) is 8.85. The summed E-state index contributed by atoms with van der Waals surface area (Å²) in [5.74, 6) is -0.171. The van der Waals surface area contributed by atoms with E-state index in [-0.39, 0.29) is 11.9 Å². The van der Waals surface area contributed by atoms with Crippen molar-refractivity contribution in [3.05, 3.63) is 41.7 Å². The summed E-state index contributed by atoms with van der Waals surface area (Å²) in [5.41, 5.74) is 3.44. The predicted octanol–water partition coefficient (Wildman–Crippen LogP) is 2.78. The fourth-order valence-corrected chi connectivity index (χ4v) is 3.14. The third kappa shape index (κ3) is 4.02. The third-order valence-corrected chi connectivity index (χ3v) is 4.64. The maximum Gasteiger partial charge on any atom is 0.276 e. The number of nitrogens with one attached hydrogen (secondary N) is 1. The van der Waals surface area contributed by atoms with E-state index in [1.54, 1.807) is 0 Å². The van der Waals surface area contributed by atoms with Crippen LogP contribution in [-0.4, -0.2) is 53.8 Å². The highest BCUT2D eigenvalue weighted by Crippen LogP contribution is 2.20. The number of likely N-dealkylation sites (N-methyl/N-ethyl adjacent to an activating group) is 1. The van der Waals surface area contributed by atoms with Crippen LogP contribution in [-0.2, 0) is 0 Å². The molecule has 1 aliphatic rings. The highest BCUT2D eigenvalue weighted by atomic mass is 16.1. The van der Waals surface area contributed by atoms with Gasteiger partial charge in [0.05, 0.1) is 0 Å². The lowest BCUT2D eigenvalue weighted by Crippen LogP contribution is -2.44. The van der Waals surface area contributed by atoms with Crippen LogP contribution in [0.25, 0.3) is 0 Å². The van der Waals surface area contributed by atoms with Gasteiger partial charge in [0.2, 0.25) is 0 Å². The zero-order valence-electron chi connectivity index (χ0n) is 15.5. The Kier molecular flexibility index (Phi) is 5.08. The number of anilines is 2. The van der Waals surface area contributed by atoms with Crippen molar-refractivity contribution in [1.82, 2.24) is 14.7 Å². The van der Waals surface area contributed by atoms with Gasteiger partial charge < -0.3 is 15.1 Å². The molecule has 1 aromatic carbocycles. The highest BCUT2D eigenvalue weighted by molar-refractivity contribution is 6.03. The second-order valence-electron chi connectivity index (χ2n) is 7.00. The van der Waals surface area contributed by atoms with Crippen molar-refractivity contribution >= 4 is 17.3 Å². The molecule has 6 nitrogen and oxygen atoms in total. The zero-order valence-corrected chi connectivity index (χ0v) is 15.5.